The van der Waals surface area contributed by atoms with Crippen LogP contribution in [0.2, 0.25) is 0 Å². The van der Waals surface area contributed by atoms with E-state index in [1.807, 2.05) is 0 Å². The smallest absolute Gasteiger partial charge is 0.269 e. The van der Waals surface area contributed by atoms with Crippen molar-refractivity contribution < 1.29 is 9.59 Å². The van der Waals surface area contributed by atoms with Gasteiger partial charge in [-0.1, -0.05) is 13.8 Å². The van der Waals surface area contributed by atoms with Crippen LogP contribution >= 0.6 is 0 Å². The molecule has 8 heteroatoms. The summed E-state index contributed by atoms with van der Waals surface area (Å²) in [6.07, 6.45) is 1.44. The lowest BCUT2D eigenvalue weighted by molar-refractivity contribution is 0.0705. The van der Waals surface area contributed by atoms with E-state index in [0.29, 0.717) is 31.1 Å². The number of carbonyl (C=O) groups is 2. The van der Waals surface area contributed by atoms with E-state index in [9.17, 15) is 9.59 Å². The molecule has 0 fully saturated rings. The topological polar surface area (TPSA) is 93.0 Å². The van der Waals surface area contributed by atoms with Crippen LogP contribution in [-0.4, -0.2) is 50.1 Å². The predicted molar refractivity (Wildman–Crippen MR) is 86.5 cm³/mol. The fourth-order valence-corrected chi connectivity index (χ4v) is 2.75. The van der Waals surface area contributed by atoms with Gasteiger partial charge in [0.1, 0.15) is 11.5 Å². The summed E-state index contributed by atoms with van der Waals surface area (Å²) in [5.74, 6) is 1.66. The van der Waals surface area contributed by atoms with Gasteiger partial charge in [0.05, 0.1) is 12.1 Å². The Morgan fingerprint density at radius 2 is 2.00 bits per heavy atom. The Hall–Kier alpha value is -2.77. The molecule has 1 aliphatic heterocycles. The van der Waals surface area contributed by atoms with E-state index < -0.39 is 0 Å². The summed E-state index contributed by atoms with van der Waals surface area (Å²) in [4.78, 5) is 29.9. The molecule has 0 bridgehead atoms. The molecule has 3 heterocycles. The lowest BCUT2D eigenvalue weighted by Gasteiger charge is -2.28. The SMILES string of the molecule is CNC(=O)c1ccc(C(=O)N2CCn3c(nnc3C(C)C)C2)cn1. The fourth-order valence-electron chi connectivity index (χ4n) is 2.75. The second kappa shape index (κ2) is 6.38. The molecule has 8 nitrogen and oxygen atoms in total. The second-order valence-electron chi connectivity index (χ2n) is 6.02. The van der Waals surface area contributed by atoms with E-state index >= 15 is 0 Å². The zero-order valence-electron chi connectivity index (χ0n) is 14.0. The van der Waals surface area contributed by atoms with Crippen molar-refractivity contribution in [2.24, 2.45) is 0 Å². The molecule has 0 aromatic carbocycles. The highest BCUT2D eigenvalue weighted by atomic mass is 16.2. The minimum atomic E-state index is -0.277. The Labute approximate surface area is 139 Å². The van der Waals surface area contributed by atoms with Crippen LogP contribution in [0, 0.1) is 0 Å². The monoisotopic (exact) mass is 328 g/mol. The number of fused-ring (bicyclic) bond motifs is 1. The van der Waals surface area contributed by atoms with Crippen LogP contribution in [0.4, 0.5) is 0 Å². The molecule has 2 amide bonds. The first kappa shape index (κ1) is 16.1. The molecule has 0 saturated carbocycles. The van der Waals surface area contributed by atoms with Gasteiger partial charge in [-0.05, 0) is 12.1 Å². The zero-order chi connectivity index (χ0) is 17.3. The normalized spacial score (nSPS) is 13.8. The number of amides is 2. The van der Waals surface area contributed by atoms with Gasteiger partial charge in [0.2, 0.25) is 0 Å². The molecule has 126 valence electrons. The Bertz CT molecular complexity index is 765. The number of nitrogens with one attached hydrogen (secondary N) is 1. The number of aromatic nitrogens is 4. The average Bonchev–Trinajstić information content (AvgIpc) is 3.04. The maximum absolute atomic E-state index is 12.6. The van der Waals surface area contributed by atoms with E-state index in [4.69, 9.17) is 0 Å². The van der Waals surface area contributed by atoms with Gasteiger partial charge in [-0.25, -0.2) is 0 Å². The van der Waals surface area contributed by atoms with Crippen LogP contribution in [0.15, 0.2) is 18.3 Å². The molecule has 0 aliphatic carbocycles. The number of carbonyl (C=O) groups excluding carboxylic acids is 2. The van der Waals surface area contributed by atoms with Crippen molar-refractivity contribution in [3.05, 3.63) is 41.2 Å². The summed E-state index contributed by atoms with van der Waals surface area (Å²) in [7, 11) is 1.54. The summed E-state index contributed by atoms with van der Waals surface area (Å²) >= 11 is 0. The van der Waals surface area contributed by atoms with E-state index in [-0.39, 0.29) is 17.5 Å². The van der Waals surface area contributed by atoms with Crippen LogP contribution in [0.5, 0.6) is 0 Å². The maximum Gasteiger partial charge on any atom is 0.269 e. The van der Waals surface area contributed by atoms with Gasteiger partial charge in [-0.15, -0.1) is 10.2 Å². The lowest BCUT2D eigenvalue weighted by atomic mass is 10.2. The minimum Gasteiger partial charge on any atom is -0.354 e. The average molecular weight is 328 g/mol. The lowest BCUT2D eigenvalue weighted by Crippen LogP contribution is -2.39. The summed E-state index contributed by atoms with van der Waals surface area (Å²) in [6.45, 7) is 5.87. The molecule has 1 N–H and O–H groups in total. The number of pyridine rings is 1. The van der Waals surface area contributed by atoms with Crippen molar-refractivity contribution in [3.8, 4) is 0 Å². The first-order chi connectivity index (χ1) is 11.5. The molecular weight excluding hydrogens is 308 g/mol. The van der Waals surface area contributed by atoms with Crippen molar-refractivity contribution in [1.29, 1.82) is 0 Å². The molecule has 1 aliphatic rings. The molecule has 2 aromatic heterocycles. The number of hydrogen-bond donors (Lipinski definition) is 1. The number of nitrogens with zero attached hydrogens (tertiary/aromatic N) is 5. The highest BCUT2D eigenvalue weighted by Gasteiger charge is 2.26. The van der Waals surface area contributed by atoms with Crippen LogP contribution in [0.3, 0.4) is 0 Å². The fraction of sp³-hybridized carbons (Fsp3) is 0.438. The molecule has 0 spiro atoms. The number of hydrogen-bond acceptors (Lipinski definition) is 5. The standard InChI is InChI=1S/C16H20N6O2/c1-10(2)14-20-19-13-9-21(6-7-22(13)14)16(24)11-4-5-12(18-8-11)15(23)17-3/h4-5,8,10H,6-7,9H2,1-3H3,(H,17,23). The second-order valence-corrected chi connectivity index (χ2v) is 6.02. The molecule has 2 aromatic rings. The van der Waals surface area contributed by atoms with Crippen LogP contribution in [0.1, 0.15) is 52.3 Å². The summed E-state index contributed by atoms with van der Waals surface area (Å²) in [6, 6.07) is 3.17. The Morgan fingerprint density at radius 3 is 2.62 bits per heavy atom. The third-order valence-electron chi connectivity index (χ3n) is 4.06. The summed E-state index contributed by atoms with van der Waals surface area (Å²) < 4.78 is 2.08. The molecule has 0 unspecified atom stereocenters. The van der Waals surface area contributed by atoms with E-state index in [1.54, 1.807) is 24.1 Å². The number of rotatable bonds is 3. The van der Waals surface area contributed by atoms with Crippen molar-refractivity contribution in [2.45, 2.75) is 32.9 Å². The quantitative estimate of drug-likeness (QED) is 0.900. The Morgan fingerprint density at radius 1 is 1.21 bits per heavy atom. The predicted octanol–water partition coefficient (Wildman–Crippen LogP) is 0.812. The van der Waals surface area contributed by atoms with Crippen LogP contribution < -0.4 is 5.32 Å². The van der Waals surface area contributed by atoms with Gasteiger partial charge >= 0.3 is 0 Å². The highest BCUT2D eigenvalue weighted by molar-refractivity contribution is 5.96. The van der Waals surface area contributed by atoms with Gasteiger partial charge in [0.15, 0.2) is 5.82 Å². The van der Waals surface area contributed by atoms with Gasteiger partial charge in [-0.3, -0.25) is 14.6 Å². The third kappa shape index (κ3) is 2.86. The Balaban J connectivity index is 1.75. The Kier molecular flexibility index (Phi) is 4.28. The van der Waals surface area contributed by atoms with Crippen LogP contribution in [-0.2, 0) is 13.1 Å². The first-order valence-corrected chi connectivity index (χ1v) is 7.90. The van der Waals surface area contributed by atoms with E-state index in [0.717, 1.165) is 11.6 Å². The van der Waals surface area contributed by atoms with Gasteiger partial charge in [-0.2, -0.15) is 0 Å². The molecule has 24 heavy (non-hydrogen) atoms. The van der Waals surface area contributed by atoms with Crippen molar-refractivity contribution in [1.82, 2.24) is 30.0 Å². The molecule has 3 rings (SSSR count). The minimum absolute atomic E-state index is 0.119. The van der Waals surface area contributed by atoms with E-state index in [1.165, 1.54) is 6.20 Å². The van der Waals surface area contributed by atoms with Crippen molar-refractivity contribution in [3.63, 3.8) is 0 Å². The van der Waals surface area contributed by atoms with Gasteiger partial charge in [0.25, 0.3) is 11.8 Å². The zero-order valence-corrected chi connectivity index (χ0v) is 14.0. The largest absolute Gasteiger partial charge is 0.354 e. The van der Waals surface area contributed by atoms with Crippen LogP contribution in [0.25, 0.3) is 0 Å². The van der Waals surface area contributed by atoms with Crippen molar-refractivity contribution >= 4 is 11.8 Å². The third-order valence-corrected chi connectivity index (χ3v) is 4.06. The molecule has 0 atom stereocenters. The molecule has 0 saturated heterocycles. The molecule has 0 radical (unpaired) electrons. The van der Waals surface area contributed by atoms with Crippen molar-refractivity contribution in [2.75, 3.05) is 13.6 Å². The first-order valence-electron chi connectivity index (χ1n) is 7.90. The van der Waals surface area contributed by atoms with E-state index in [2.05, 4.69) is 38.9 Å². The summed E-state index contributed by atoms with van der Waals surface area (Å²) in [5.41, 5.74) is 0.744. The molecular formula is C16H20N6O2. The summed E-state index contributed by atoms with van der Waals surface area (Å²) in [5, 5.41) is 10.9. The van der Waals surface area contributed by atoms with Gasteiger partial charge < -0.3 is 14.8 Å². The maximum atomic E-state index is 12.6. The van der Waals surface area contributed by atoms with Gasteiger partial charge in [0, 0.05) is 32.3 Å². The highest BCUT2D eigenvalue weighted by Crippen LogP contribution is 2.19.